The first kappa shape index (κ1) is 20.4. The highest BCUT2D eigenvalue weighted by atomic mass is 19.1. The molecule has 1 unspecified atom stereocenters. The van der Waals surface area contributed by atoms with Crippen molar-refractivity contribution >= 4 is 11.8 Å². The van der Waals surface area contributed by atoms with E-state index in [2.05, 4.69) is 5.32 Å². The molecule has 2 rings (SSSR count). The van der Waals surface area contributed by atoms with Crippen LogP contribution in [-0.4, -0.2) is 36.4 Å². The van der Waals surface area contributed by atoms with Crippen molar-refractivity contribution in [2.45, 2.75) is 32.9 Å². The van der Waals surface area contributed by atoms with Crippen molar-refractivity contribution in [1.29, 1.82) is 0 Å². The maximum Gasteiger partial charge on any atom is 0.261 e. The molecule has 0 aromatic heterocycles. The van der Waals surface area contributed by atoms with Crippen molar-refractivity contribution in [3.8, 4) is 5.75 Å². The van der Waals surface area contributed by atoms with Crippen LogP contribution in [-0.2, 0) is 16.1 Å². The van der Waals surface area contributed by atoms with E-state index in [-0.39, 0.29) is 30.8 Å². The van der Waals surface area contributed by atoms with E-state index in [9.17, 15) is 14.0 Å². The molecule has 0 spiro atoms. The number of carbonyl (C=O) groups is 2. The number of nitrogens with one attached hydrogen (secondary N) is 1. The molecular weight excluding hydrogens is 347 g/mol. The Hall–Kier alpha value is -2.89. The lowest BCUT2D eigenvalue weighted by atomic mass is 10.1. The minimum Gasteiger partial charge on any atom is -0.484 e. The van der Waals surface area contributed by atoms with E-state index in [4.69, 9.17) is 4.74 Å². The summed E-state index contributed by atoms with van der Waals surface area (Å²) in [5.41, 5.74) is 1.77. The Morgan fingerprint density at radius 1 is 1.19 bits per heavy atom. The van der Waals surface area contributed by atoms with Crippen LogP contribution in [0.1, 0.15) is 24.5 Å². The van der Waals surface area contributed by atoms with Gasteiger partial charge in [-0.25, -0.2) is 4.39 Å². The summed E-state index contributed by atoms with van der Waals surface area (Å²) >= 11 is 0. The fraction of sp³-hybridized carbons (Fsp3) is 0.333. The molecule has 0 saturated heterocycles. The van der Waals surface area contributed by atoms with Gasteiger partial charge in [0.05, 0.1) is 0 Å². The van der Waals surface area contributed by atoms with E-state index in [1.165, 1.54) is 24.1 Å². The molecule has 2 aromatic carbocycles. The number of rotatable bonds is 8. The average molecular weight is 372 g/mol. The summed E-state index contributed by atoms with van der Waals surface area (Å²) in [4.78, 5) is 26.6. The lowest BCUT2D eigenvalue weighted by molar-refractivity contribution is -0.142. The zero-order valence-electron chi connectivity index (χ0n) is 15.9. The molecule has 5 nitrogen and oxygen atoms in total. The maximum atomic E-state index is 13.2. The summed E-state index contributed by atoms with van der Waals surface area (Å²) in [6, 6.07) is 12.7. The number of amides is 2. The lowest BCUT2D eigenvalue weighted by Gasteiger charge is -2.30. The number of likely N-dealkylation sites (N-methyl/N-ethyl adjacent to an activating group) is 1. The molecule has 144 valence electrons. The highest BCUT2D eigenvalue weighted by Crippen LogP contribution is 2.15. The Labute approximate surface area is 159 Å². The summed E-state index contributed by atoms with van der Waals surface area (Å²) in [5.74, 6) is -0.310. The number of halogens is 1. The van der Waals surface area contributed by atoms with Gasteiger partial charge in [-0.3, -0.25) is 9.59 Å². The number of aryl methyl sites for hydroxylation is 1. The average Bonchev–Trinajstić information content (AvgIpc) is 2.67. The predicted octanol–water partition coefficient (Wildman–Crippen LogP) is 3.07. The largest absolute Gasteiger partial charge is 0.484 e. The Balaban J connectivity index is 2.17. The van der Waals surface area contributed by atoms with Gasteiger partial charge in [-0.1, -0.05) is 31.2 Å². The minimum atomic E-state index is -0.631. The van der Waals surface area contributed by atoms with Crippen LogP contribution in [0.5, 0.6) is 5.75 Å². The van der Waals surface area contributed by atoms with Gasteiger partial charge in [0.25, 0.3) is 5.91 Å². The molecule has 0 saturated carbocycles. The highest BCUT2D eigenvalue weighted by molar-refractivity contribution is 5.88. The quantitative estimate of drug-likeness (QED) is 0.775. The summed E-state index contributed by atoms with van der Waals surface area (Å²) in [6.07, 6.45) is 0.455. The number of benzene rings is 2. The summed E-state index contributed by atoms with van der Waals surface area (Å²) in [7, 11) is 1.54. The van der Waals surface area contributed by atoms with Crippen LogP contribution in [0.4, 0.5) is 4.39 Å². The molecule has 2 aromatic rings. The van der Waals surface area contributed by atoms with Crippen LogP contribution >= 0.6 is 0 Å². The van der Waals surface area contributed by atoms with Gasteiger partial charge >= 0.3 is 0 Å². The number of ether oxygens (including phenoxy) is 1. The second-order valence-corrected chi connectivity index (χ2v) is 6.29. The van der Waals surface area contributed by atoms with Crippen LogP contribution in [0.3, 0.4) is 0 Å². The van der Waals surface area contributed by atoms with E-state index < -0.39 is 6.04 Å². The topological polar surface area (TPSA) is 58.6 Å². The van der Waals surface area contributed by atoms with Crippen LogP contribution in [0.15, 0.2) is 48.5 Å². The second kappa shape index (κ2) is 9.71. The highest BCUT2D eigenvalue weighted by Gasteiger charge is 2.28. The monoisotopic (exact) mass is 372 g/mol. The Morgan fingerprint density at radius 3 is 2.48 bits per heavy atom. The van der Waals surface area contributed by atoms with E-state index in [1.54, 1.807) is 18.2 Å². The van der Waals surface area contributed by atoms with Gasteiger partial charge in [0, 0.05) is 13.6 Å². The lowest BCUT2D eigenvalue weighted by Crippen LogP contribution is -2.49. The van der Waals surface area contributed by atoms with Crippen LogP contribution in [0.2, 0.25) is 0 Å². The van der Waals surface area contributed by atoms with Crippen molar-refractivity contribution in [2.24, 2.45) is 0 Å². The molecule has 1 atom stereocenters. The second-order valence-electron chi connectivity index (χ2n) is 6.29. The van der Waals surface area contributed by atoms with E-state index >= 15 is 0 Å². The van der Waals surface area contributed by atoms with Gasteiger partial charge in [0.15, 0.2) is 6.61 Å². The van der Waals surface area contributed by atoms with E-state index in [0.29, 0.717) is 12.2 Å². The molecule has 0 aliphatic rings. The summed E-state index contributed by atoms with van der Waals surface area (Å²) in [5, 5.41) is 2.59. The van der Waals surface area contributed by atoms with Crippen molar-refractivity contribution in [3.05, 3.63) is 65.5 Å². The van der Waals surface area contributed by atoms with Crippen molar-refractivity contribution in [3.63, 3.8) is 0 Å². The van der Waals surface area contributed by atoms with Crippen molar-refractivity contribution in [2.75, 3.05) is 13.7 Å². The van der Waals surface area contributed by atoms with E-state index in [0.717, 1.165) is 11.1 Å². The first-order valence-corrected chi connectivity index (χ1v) is 8.89. The molecule has 0 radical (unpaired) electrons. The normalized spacial score (nSPS) is 11.6. The molecular formula is C21H25FN2O3. The SMILES string of the molecule is CCC(C(=O)NC)N(Cc1ccc(F)cc1)C(=O)COc1cccc(C)c1. The van der Waals surface area contributed by atoms with Crippen LogP contribution < -0.4 is 10.1 Å². The Kier molecular flexibility index (Phi) is 7.34. The number of nitrogens with zero attached hydrogens (tertiary/aromatic N) is 1. The molecule has 0 fully saturated rings. The maximum absolute atomic E-state index is 13.2. The molecule has 6 heteroatoms. The zero-order chi connectivity index (χ0) is 19.8. The minimum absolute atomic E-state index is 0.182. The number of hydrogen-bond donors (Lipinski definition) is 1. The number of hydrogen-bond acceptors (Lipinski definition) is 3. The summed E-state index contributed by atoms with van der Waals surface area (Å²) in [6.45, 7) is 3.79. The molecule has 0 aliphatic carbocycles. The van der Waals surface area contributed by atoms with Crippen molar-refractivity contribution in [1.82, 2.24) is 10.2 Å². The van der Waals surface area contributed by atoms with Crippen LogP contribution in [0.25, 0.3) is 0 Å². The first-order valence-electron chi connectivity index (χ1n) is 8.89. The zero-order valence-corrected chi connectivity index (χ0v) is 15.9. The van der Waals surface area contributed by atoms with Gasteiger partial charge in [-0.05, 0) is 48.7 Å². The van der Waals surface area contributed by atoms with Gasteiger partial charge in [-0.15, -0.1) is 0 Å². The van der Waals surface area contributed by atoms with Crippen LogP contribution in [0, 0.1) is 12.7 Å². The van der Waals surface area contributed by atoms with E-state index in [1.807, 2.05) is 32.0 Å². The first-order chi connectivity index (χ1) is 12.9. The van der Waals surface area contributed by atoms with Gasteiger partial charge in [0.1, 0.15) is 17.6 Å². The third-order valence-electron chi connectivity index (χ3n) is 4.25. The molecule has 0 bridgehead atoms. The molecule has 0 heterocycles. The Morgan fingerprint density at radius 2 is 1.89 bits per heavy atom. The third kappa shape index (κ3) is 5.81. The molecule has 1 N–H and O–H groups in total. The standard InChI is InChI=1S/C21H25FN2O3/c1-4-19(21(26)23-3)24(13-16-8-10-17(22)11-9-16)20(25)14-27-18-7-5-6-15(2)12-18/h5-12,19H,4,13-14H2,1-3H3,(H,23,26). The smallest absolute Gasteiger partial charge is 0.261 e. The Bertz CT molecular complexity index is 777. The van der Waals surface area contributed by atoms with Gasteiger partial charge < -0.3 is 15.0 Å². The third-order valence-corrected chi connectivity index (χ3v) is 4.25. The molecule has 0 aliphatic heterocycles. The van der Waals surface area contributed by atoms with Gasteiger partial charge in [-0.2, -0.15) is 0 Å². The fourth-order valence-corrected chi connectivity index (χ4v) is 2.81. The number of carbonyl (C=O) groups excluding carboxylic acids is 2. The fourth-order valence-electron chi connectivity index (χ4n) is 2.81. The predicted molar refractivity (Wildman–Crippen MR) is 102 cm³/mol. The van der Waals surface area contributed by atoms with Gasteiger partial charge in [0.2, 0.25) is 5.91 Å². The molecule has 27 heavy (non-hydrogen) atoms. The van der Waals surface area contributed by atoms with Crippen molar-refractivity contribution < 1.29 is 18.7 Å². The molecule has 2 amide bonds. The summed E-state index contributed by atoms with van der Waals surface area (Å²) < 4.78 is 18.8.